The van der Waals surface area contributed by atoms with Crippen molar-refractivity contribution in [1.82, 2.24) is 0 Å². The summed E-state index contributed by atoms with van der Waals surface area (Å²) in [5.41, 5.74) is 6.04. The zero-order valence-electron chi connectivity index (χ0n) is 14.0. The molecular weight excluding hydrogens is 240 g/mol. The average Bonchev–Trinajstić information content (AvgIpc) is 2.45. The standard InChI is InChI=1S/C20H32/c1-5-6-7-8-18-9-11-19(12-10-18)20-13-15(2)17(4)16(3)14-20/h13-14,18-19H,5-12H2,1-4H3. The summed E-state index contributed by atoms with van der Waals surface area (Å²) in [7, 11) is 0. The Kier molecular flexibility index (Phi) is 5.69. The molecule has 0 heteroatoms. The average molecular weight is 272 g/mol. The molecule has 0 aliphatic heterocycles. The van der Waals surface area contributed by atoms with Crippen LogP contribution in [0.1, 0.15) is 86.5 Å². The van der Waals surface area contributed by atoms with Gasteiger partial charge in [0.05, 0.1) is 0 Å². The van der Waals surface area contributed by atoms with E-state index in [2.05, 4.69) is 39.8 Å². The van der Waals surface area contributed by atoms with Crippen LogP contribution in [0.5, 0.6) is 0 Å². The van der Waals surface area contributed by atoms with Crippen molar-refractivity contribution in [2.75, 3.05) is 0 Å². The van der Waals surface area contributed by atoms with E-state index in [-0.39, 0.29) is 0 Å². The Morgan fingerprint density at radius 3 is 2.05 bits per heavy atom. The van der Waals surface area contributed by atoms with Crippen LogP contribution >= 0.6 is 0 Å². The van der Waals surface area contributed by atoms with Crippen LogP contribution in [-0.4, -0.2) is 0 Å². The van der Waals surface area contributed by atoms with Crippen molar-refractivity contribution in [3.05, 3.63) is 34.4 Å². The number of unbranched alkanes of at least 4 members (excludes halogenated alkanes) is 2. The fourth-order valence-electron chi connectivity index (χ4n) is 3.77. The molecule has 20 heavy (non-hydrogen) atoms. The van der Waals surface area contributed by atoms with Crippen LogP contribution in [0.3, 0.4) is 0 Å². The zero-order valence-corrected chi connectivity index (χ0v) is 14.0. The highest BCUT2D eigenvalue weighted by atomic mass is 14.3. The van der Waals surface area contributed by atoms with Crippen LogP contribution in [0.2, 0.25) is 0 Å². The summed E-state index contributed by atoms with van der Waals surface area (Å²) in [6, 6.07) is 4.90. The predicted octanol–water partition coefficient (Wildman–Crippen LogP) is 6.47. The Bertz CT molecular complexity index is 399. The number of hydrogen-bond acceptors (Lipinski definition) is 0. The molecule has 1 aliphatic rings. The Morgan fingerprint density at radius 1 is 0.900 bits per heavy atom. The van der Waals surface area contributed by atoms with E-state index in [0.29, 0.717) is 0 Å². The van der Waals surface area contributed by atoms with Crippen molar-refractivity contribution in [3.8, 4) is 0 Å². The highest BCUT2D eigenvalue weighted by molar-refractivity contribution is 5.38. The molecule has 0 bridgehead atoms. The molecule has 0 amide bonds. The lowest BCUT2D eigenvalue weighted by molar-refractivity contribution is 0.302. The Morgan fingerprint density at radius 2 is 1.50 bits per heavy atom. The third-order valence-corrected chi connectivity index (χ3v) is 5.48. The van der Waals surface area contributed by atoms with Crippen molar-refractivity contribution < 1.29 is 0 Å². The maximum Gasteiger partial charge on any atom is -0.0162 e. The smallest absolute Gasteiger partial charge is 0.0162 e. The van der Waals surface area contributed by atoms with Crippen LogP contribution < -0.4 is 0 Å². The first kappa shape index (κ1) is 15.6. The largest absolute Gasteiger partial charge is 0.0654 e. The van der Waals surface area contributed by atoms with Crippen molar-refractivity contribution in [1.29, 1.82) is 0 Å². The zero-order chi connectivity index (χ0) is 14.5. The molecule has 1 fully saturated rings. The maximum atomic E-state index is 2.45. The second kappa shape index (κ2) is 7.29. The molecule has 0 N–H and O–H groups in total. The lowest BCUT2D eigenvalue weighted by Gasteiger charge is -2.29. The molecular formula is C20H32. The third-order valence-electron chi connectivity index (χ3n) is 5.48. The summed E-state index contributed by atoms with van der Waals surface area (Å²) in [6.07, 6.45) is 11.5. The lowest BCUT2D eigenvalue weighted by Crippen LogP contribution is -2.13. The highest BCUT2D eigenvalue weighted by Crippen LogP contribution is 2.38. The summed E-state index contributed by atoms with van der Waals surface area (Å²) in [4.78, 5) is 0. The van der Waals surface area contributed by atoms with Gasteiger partial charge >= 0.3 is 0 Å². The van der Waals surface area contributed by atoms with Crippen molar-refractivity contribution in [2.45, 2.75) is 85.0 Å². The van der Waals surface area contributed by atoms with Gasteiger partial charge in [-0.25, -0.2) is 0 Å². The van der Waals surface area contributed by atoms with Gasteiger partial charge in [-0.15, -0.1) is 0 Å². The normalized spacial score (nSPS) is 23.0. The van der Waals surface area contributed by atoms with Gasteiger partial charge in [0.1, 0.15) is 0 Å². The molecule has 0 aromatic heterocycles. The van der Waals surface area contributed by atoms with Crippen molar-refractivity contribution >= 4 is 0 Å². The molecule has 0 saturated heterocycles. The van der Waals surface area contributed by atoms with Crippen molar-refractivity contribution in [3.63, 3.8) is 0 Å². The van der Waals surface area contributed by atoms with Crippen LogP contribution in [0.25, 0.3) is 0 Å². The number of aryl methyl sites for hydroxylation is 2. The molecule has 1 aromatic rings. The predicted molar refractivity (Wildman–Crippen MR) is 89.5 cm³/mol. The third kappa shape index (κ3) is 3.87. The summed E-state index contributed by atoms with van der Waals surface area (Å²) in [5.74, 6) is 1.85. The van der Waals surface area contributed by atoms with E-state index in [1.807, 2.05) is 0 Å². The summed E-state index contributed by atoms with van der Waals surface area (Å²) < 4.78 is 0. The van der Waals surface area contributed by atoms with Gasteiger partial charge in [0.15, 0.2) is 0 Å². The fraction of sp³-hybridized carbons (Fsp3) is 0.700. The number of hydrogen-bond donors (Lipinski definition) is 0. The second-order valence-electron chi connectivity index (χ2n) is 6.99. The van der Waals surface area contributed by atoms with E-state index >= 15 is 0 Å². The highest BCUT2D eigenvalue weighted by Gasteiger charge is 2.22. The molecule has 1 aromatic carbocycles. The first-order valence-corrected chi connectivity index (χ1v) is 8.69. The molecule has 0 heterocycles. The fourth-order valence-corrected chi connectivity index (χ4v) is 3.77. The van der Waals surface area contributed by atoms with Crippen molar-refractivity contribution in [2.24, 2.45) is 5.92 Å². The van der Waals surface area contributed by atoms with E-state index in [4.69, 9.17) is 0 Å². The van der Waals surface area contributed by atoms with Gasteiger partial charge in [-0.1, -0.05) is 44.7 Å². The molecule has 0 radical (unpaired) electrons. The summed E-state index contributed by atoms with van der Waals surface area (Å²) >= 11 is 0. The molecule has 2 rings (SSSR count). The van der Waals surface area contributed by atoms with Gasteiger partial charge in [-0.3, -0.25) is 0 Å². The minimum atomic E-state index is 0.829. The van der Waals surface area contributed by atoms with Gasteiger partial charge in [-0.05, 0) is 80.5 Å². The Balaban J connectivity index is 1.90. The minimum Gasteiger partial charge on any atom is -0.0654 e. The second-order valence-corrected chi connectivity index (χ2v) is 6.99. The van der Waals surface area contributed by atoms with E-state index in [1.54, 1.807) is 5.56 Å². The van der Waals surface area contributed by atoms with Crippen LogP contribution in [-0.2, 0) is 0 Å². The SMILES string of the molecule is CCCCCC1CCC(c2cc(C)c(C)c(C)c2)CC1. The van der Waals surface area contributed by atoms with Gasteiger partial charge in [-0.2, -0.15) is 0 Å². The lowest BCUT2D eigenvalue weighted by atomic mass is 9.76. The molecule has 0 atom stereocenters. The summed E-state index contributed by atoms with van der Waals surface area (Å²) in [6.45, 7) is 9.09. The van der Waals surface area contributed by atoms with E-state index < -0.39 is 0 Å². The quantitative estimate of drug-likeness (QED) is 0.539. The van der Waals surface area contributed by atoms with Crippen LogP contribution in [0.4, 0.5) is 0 Å². The summed E-state index contributed by atoms with van der Waals surface area (Å²) in [5, 5.41) is 0. The van der Waals surface area contributed by atoms with Crippen LogP contribution in [0.15, 0.2) is 12.1 Å². The van der Waals surface area contributed by atoms with E-state index in [0.717, 1.165) is 11.8 Å². The first-order chi connectivity index (χ1) is 9.61. The Labute approximate surface area is 126 Å². The molecule has 112 valence electrons. The van der Waals surface area contributed by atoms with E-state index in [9.17, 15) is 0 Å². The number of rotatable bonds is 5. The molecule has 1 aliphatic carbocycles. The minimum absolute atomic E-state index is 0.829. The van der Waals surface area contributed by atoms with Gasteiger partial charge < -0.3 is 0 Å². The molecule has 0 unspecified atom stereocenters. The molecule has 0 nitrogen and oxygen atoms in total. The van der Waals surface area contributed by atoms with Gasteiger partial charge in [0.2, 0.25) is 0 Å². The van der Waals surface area contributed by atoms with Gasteiger partial charge in [0, 0.05) is 0 Å². The van der Waals surface area contributed by atoms with E-state index in [1.165, 1.54) is 68.1 Å². The van der Waals surface area contributed by atoms with Gasteiger partial charge in [0.25, 0.3) is 0 Å². The first-order valence-electron chi connectivity index (χ1n) is 8.69. The molecule has 1 saturated carbocycles. The molecule has 0 spiro atoms. The number of benzene rings is 1. The van der Waals surface area contributed by atoms with Crippen LogP contribution in [0, 0.1) is 26.7 Å². The topological polar surface area (TPSA) is 0 Å². The maximum absolute atomic E-state index is 2.45. The monoisotopic (exact) mass is 272 g/mol. The Hall–Kier alpha value is -0.780.